The molecule has 0 amide bonds. The summed E-state index contributed by atoms with van der Waals surface area (Å²) in [7, 11) is -4.62. The number of unbranched alkanes of at least 4 members (excludes halogenated alkanes) is 8. The van der Waals surface area contributed by atoms with Gasteiger partial charge in [-0.3, -0.25) is 9.35 Å². The molecule has 0 radical (unpaired) electrons. The van der Waals surface area contributed by atoms with Crippen molar-refractivity contribution in [2.24, 2.45) is 0 Å². The Hall–Kier alpha value is -0.620. The average molecular weight is 324 g/mol. The van der Waals surface area contributed by atoms with Gasteiger partial charge >= 0.3 is 16.4 Å². The molecule has 0 aromatic carbocycles. The quantitative estimate of drug-likeness (QED) is 0.441. The predicted molar refractivity (Wildman–Crippen MR) is 85.4 cm³/mol. The standard InChI is InChI=1S/C8H18.C7H14O5S/c1-3-5-7-8-6-4-2;1-2-3-4-5-6-7(8)12-13(9,10)11/h3-8H2,1-2H3;2-6H2,1H3,(H,9,10,11). The van der Waals surface area contributed by atoms with Gasteiger partial charge in [0.1, 0.15) is 0 Å². The van der Waals surface area contributed by atoms with Crippen molar-refractivity contribution >= 4 is 16.4 Å². The van der Waals surface area contributed by atoms with E-state index >= 15 is 0 Å². The van der Waals surface area contributed by atoms with E-state index in [-0.39, 0.29) is 6.42 Å². The maximum Gasteiger partial charge on any atom is 0.448 e. The fraction of sp³-hybridized carbons (Fsp3) is 0.933. The van der Waals surface area contributed by atoms with Crippen LogP contribution in [0, 0.1) is 0 Å². The van der Waals surface area contributed by atoms with Gasteiger partial charge in [0.05, 0.1) is 0 Å². The van der Waals surface area contributed by atoms with Gasteiger partial charge in [-0.2, -0.15) is 8.42 Å². The summed E-state index contributed by atoms with van der Waals surface area (Å²) in [4.78, 5) is 10.7. The van der Waals surface area contributed by atoms with E-state index < -0.39 is 16.4 Å². The van der Waals surface area contributed by atoms with Crippen LogP contribution in [0.15, 0.2) is 0 Å². The Bertz CT molecular complexity index is 319. The van der Waals surface area contributed by atoms with Crippen molar-refractivity contribution in [3.05, 3.63) is 0 Å². The van der Waals surface area contributed by atoms with Gasteiger partial charge in [-0.15, -0.1) is 0 Å². The molecule has 0 aromatic heterocycles. The highest BCUT2D eigenvalue weighted by atomic mass is 32.3. The molecule has 0 aliphatic heterocycles. The molecule has 0 atom stereocenters. The molecule has 6 heteroatoms. The van der Waals surface area contributed by atoms with E-state index in [4.69, 9.17) is 4.55 Å². The number of carbonyl (C=O) groups excluding carboxylic acids is 1. The molecule has 1 N–H and O–H groups in total. The summed E-state index contributed by atoms with van der Waals surface area (Å²) in [5, 5.41) is 0. The highest BCUT2D eigenvalue weighted by Gasteiger charge is 2.11. The molecular weight excluding hydrogens is 292 g/mol. The van der Waals surface area contributed by atoms with Crippen LogP contribution >= 0.6 is 0 Å². The number of carbonyl (C=O) groups is 1. The molecule has 0 rings (SSSR count). The second kappa shape index (κ2) is 15.8. The van der Waals surface area contributed by atoms with E-state index in [1.165, 1.54) is 38.5 Å². The molecule has 0 spiro atoms. The molecule has 0 unspecified atom stereocenters. The lowest BCUT2D eigenvalue weighted by Crippen LogP contribution is -2.11. The van der Waals surface area contributed by atoms with Crippen molar-refractivity contribution < 1.29 is 21.9 Å². The van der Waals surface area contributed by atoms with Gasteiger partial charge in [0.2, 0.25) is 0 Å². The van der Waals surface area contributed by atoms with Gasteiger partial charge in [-0.1, -0.05) is 78.6 Å². The Morgan fingerprint density at radius 2 is 1.19 bits per heavy atom. The lowest BCUT2D eigenvalue weighted by atomic mass is 10.1. The molecule has 0 saturated carbocycles. The fourth-order valence-electron chi connectivity index (χ4n) is 1.71. The minimum absolute atomic E-state index is 0.0276. The maximum absolute atomic E-state index is 10.7. The summed E-state index contributed by atoms with van der Waals surface area (Å²) in [5.41, 5.74) is 0. The van der Waals surface area contributed by atoms with Crippen molar-refractivity contribution in [3.63, 3.8) is 0 Å². The lowest BCUT2D eigenvalue weighted by Gasteiger charge is -1.99. The van der Waals surface area contributed by atoms with E-state index in [1.807, 2.05) is 6.92 Å². The highest BCUT2D eigenvalue weighted by molar-refractivity contribution is 7.81. The van der Waals surface area contributed by atoms with E-state index in [9.17, 15) is 13.2 Å². The molecule has 0 aliphatic carbocycles. The first-order valence-electron chi connectivity index (χ1n) is 8.07. The van der Waals surface area contributed by atoms with Gasteiger partial charge < -0.3 is 4.18 Å². The Morgan fingerprint density at radius 3 is 1.52 bits per heavy atom. The van der Waals surface area contributed by atoms with Crippen molar-refractivity contribution in [1.29, 1.82) is 0 Å². The molecule has 0 heterocycles. The molecule has 0 fully saturated rings. The van der Waals surface area contributed by atoms with Gasteiger partial charge in [0.25, 0.3) is 0 Å². The van der Waals surface area contributed by atoms with E-state index in [1.54, 1.807) is 0 Å². The van der Waals surface area contributed by atoms with E-state index in [2.05, 4.69) is 18.0 Å². The second-order valence-corrected chi connectivity index (χ2v) is 6.13. The minimum Gasteiger partial charge on any atom is -0.325 e. The third-order valence-corrected chi connectivity index (χ3v) is 3.29. The predicted octanol–water partition coefficient (Wildman–Crippen LogP) is 4.67. The summed E-state index contributed by atoms with van der Waals surface area (Å²) in [6, 6.07) is 0. The number of hydrogen-bond donors (Lipinski definition) is 1. The van der Waals surface area contributed by atoms with Crippen LogP contribution in [0.5, 0.6) is 0 Å². The van der Waals surface area contributed by atoms with Crippen LogP contribution in [0.4, 0.5) is 0 Å². The van der Waals surface area contributed by atoms with Gasteiger partial charge in [0, 0.05) is 6.42 Å². The maximum atomic E-state index is 10.7. The van der Waals surface area contributed by atoms with Crippen LogP contribution in [0.25, 0.3) is 0 Å². The summed E-state index contributed by atoms with van der Waals surface area (Å²) in [6.45, 7) is 6.54. The van der Waals surface area contributed by atoms with Gasteiger partial charge in [-0.05, 0) is 6.42 Å². The molecule has 5 nitrogen and oxygen atoms in total. The average Bonchev–Trinajstić information content (AvgIpc) is 2.39. The summed E-state index contributed by atoms with van der Waals surface area (Å²) in [5.74, 6) is -0.904. The summed E-state index contributed by atoms with van der Waals surface area (Å²) < 4.78 is 31.9. The van der Waals surface area contributed by atoms with Crippen molar-refractivity contribution in [3.8, 4) is 0 Å². The van der Waals surface area contributed by atoms with Gasteiger partial charge in [-0.25, -0.2) is 0 Å². The van der Waals surface area contributed by atoms with Crippen LogP contribution in [0.1, 0.15) is 91.4 Å². The largest absolute Gasteiger partial charge is 0.448 e. The Labute approximate surface area is 130 Å². The smallest absolute Gasteiger partial charge is 0.325 e. The third-order valence-electron chi connectivity index (χ3n) is 2.89. The molecule has 128 valence electrons. The monoisotopic (exact) mass is 324 g/mol. The topological polar surface area (TPSA) is 80.7 Å². The van der Waals surface area contributed by atoms with Crippen LogP contribution in [0.3, 0.4) is 0 Å². The Balaban J connectivity index is 0. The lowest BCUT2D eigenvalue weighted by molar-refractivity contribution is -0.134. The Kier molecular flexibility index (Phi) is 17.0. The normalized spacial score (nSPS) is 10.7. The first-order valence-corrected chi connectivity index (χ1v) is 9.43. The first-order chi connectivity index (χ1) is 9.87. The van der Waals surface area contributed by atoms with Crippen LogP contribution in [-0.4, -0.2) is 18.9 Å². The summed E-state index contributed by atoms with van der Waals surface area (Å²) in [6.07, 6.45) is 12.0. The first kappa shape index (κ1) is 22.7. The number of hydrogen-bond acceptors (Lipinski definition) is 4. The fourth-order valence-corrected chi connectivity index (χ4v) is 2.03. The minimum atomic E-state index is -4.62. The van der Waals surface area contributed by atoms with E-state index in [0.717, 1.165) is 19.3 Å². The molecule has 0 aliphatic rings. The zero-order valence-corrected chi connectivity index (χ0v) is 14.6. The molecule has 0 bridgehead atoms. The van der Waals surface area contributed by atoms with Crippen molar-refractivity contribution in [2.45, 2.75) is 91.4 Å². The number of rotatable bonds is 11. The van der Waals surface area contributed by atoms with Crippen LogP contribution < -0.4 is 0 Å². The molecule has 0 aromatic rings. The molecular formula is C15H32O5S. The van der Waals surface area contributed by atoms with Crippen molar-refractivity contribution in [1.82, 2.24) is 0 Å². The zero-order chi connectivity index (χ0) is 16.6. The highest BCUT2D eigenvalue weighted by Crippen LogP contribution is 2.04. The Morgan fingerprint density at radius 1 is 0.810 bits per heavy atom. The van der Waals surface area contributed by atoms with Crippen LogP contribution in [-0.2, 0) is 19.4 Å². The molecule has 0 saturated heterocycles. The second-order valence-electron chi connectivity index (χ2n) is 5.11. The van der Waals surface area contributed by atoms with Gasteiger partial charge in [0.15, 0.2) is 0 Å². The SMILES string of the molecule is CCCCCCC(=O)OS(=O)(=O)O.CCCCCCCC. The molecule has 21 heavy (non-hydrogen) atoms. The van der Waals surface area contributed by atoms with E-state index in [0.29, 0.717) is 6.42 Å². The third kappa shape index (κ3) is 24.7. The zero-order valence-electron chi connectivity index (χ0n) is 13.8. The summed E-state index contributed by atoms with van der Waals surface area (Å²) >= 11 is 0. The van der Waals surface area contributed by atoms with Crippen LogP contribution in [0.2, 0.25) is 0 Å². The van der Waals surface area contributed by atoms with Crippen molar-refractivity contribution in [2.75, 3.05) is 0 Å².